The number of aryl methyl sites for hydroxylation is 1. The van der Waals surface area contributed by atoms with E-state index in [0.29, 0.717) is 12.5 Å². The van der Waals surface area contributed by atoms with Gasteiger partial charge in [-0.15, -0.1) is 0 Å². The van der Waals surface area contributed by atoms with E-state index in [9.17, 15) is 4.79 Å². The van der Waals surface area contributed by atoms with Crippen molar-refractivity contribution in [3.8, 4) is 11.3 Å². The van der Waals surface area contributed by atoms with E-state index in [2.05, 4.69) is 26.6 Å². The quantitative estimate of drug-likeness (QED) is 0.686. The first-order valence-corrected chi connectivity index (χ1v) is 10.2. The summed E-state index contributed by atoms with van der Waals surface area (Å²) in [6.45, 7) is 3.50. The Bertz CT molecular complexity index is 1030. The predicted octanol–water partition coefficient (Wildman–Crippen LogP) is 4.86. The Morgan fingerprint density at radius 1 is 1.18 bits per heavy atom. The number of H-pyrrole nitrogens is 1. The molecule has 3 heterocycles. The number of anilines is 1. The molecule has 1 fully saturated rings. The van der Waals surface area contributed by atoms with Gasteiger partial charge in [-0.05, 0) is 55.5 Å². The summed E-state index contributed by atoms with van der Waals surface area (Å²) in [6, 6.07) is 8.23. The van der Waals surface area contributed by atoms with Crippen molar-refractivity contribution >= 4 is 22.6 Å². The Morgan fingerprint density at radius 2 is 2.04 bits per heavy atom. The monoisotopic (exact) mass is 375 g/mol. The van der Waals surface area contributed by atoms with Crippen molar-refractivity contribution in [3.05, 3.63) is 41.7 Å². The molecule has 3 aromatic rings. The molecule has 0 spiro atoms. The Kier molecular flexibility index (Phi) is 4.26. The molecule has 6 nitrogen and oxygen atoms in total. The zero-order chi connectivity index (χ0) is 19.1. The van der Waals surface area contributed by atoms with Gasteiger partial charge in [0.2, 0.25) is 0 Å². The summed E-state index contributed by atoms with van der Waals surface area (Å²) in [5.41, 5.74) is 5.92. The van der Waals surface area contributed by atoms with Crippen LogP contribution in [0.1, 0.15) is 43.4 Å². The highest BCUT2D eigenvalue weighted by Gasteiger charge is 2.27. The summed E-state index contributed by atoms with van der Waals surface area (Å²) >= 11 is 0. The number of aromatic nitrogens is 3. The lowest BCUT2D eigenvalue weighted by Gasteiger charge is -2.33. The van der Waals surface area contributed by atoms with Gasteiger partial charge in [-0.3, -0.25) is 10.1 Å². The highest BCUT2D eigenvalue weighted by molar-refractivity contribution is 6.00. The minimum Gasteiger partial charge on any atom is -0.320 e. The lowest BCUT2D eigenvalue weighted by molar-refractivity contribution is 0.184. The van der Waals surface area contributed by atoms with Crippen LogP contribution in [0.4, 0.5) is 10.5 Å². The van der Waals surface area contributed by atoms with Crippen LogP contribution in [-0.4, -0.2) is 32.7 Å². The second kappa shape index (κ2) is 6.93. The molecule has 2 aliphatic rings. The summed E-state index contributed by atoms with van der Waals surface area (Å²) < 4.78 is 0. The number of amides is 2. The van der Waals surface area contributed by atoms with Gasteiger partial charge < -0.3 is 10.2 Å². The number of rotatable bonds is 3. The van der Waals surface area contributed by atoms with E-state index >= 15 is 0 Å². The molecule has 1 aliphatic carbocycles. The van der Waals surface area contributed by atoms with Gasteiger partial charge in [-0.1, -0.05) is 19.3 Å². The first kappa shape index (κ1) is 17.2. The smallest absolute Gasteiger partial charge is 0.320 e. The van der Waals surface area contributed by atoms with Crippen LogP contribution >= 0.6 is 0 Å². The number of aromatic amines is 1. The summed E-state index contributed by atoms with van der Waals surface area (Å²) in [7, 11) is 0. The van der Waals surface area contributed by atoms with E-state index in [0.717, 1.165) is 45.6 Å². The SMILES string of the molecule is Cc1cc(-c2n[nH]c3cc4c(cc23)CN(CC2CCCCC2)C(=O)N4)ccn1. The van der Waals surface area contributed by atoms with Crippen LogP contribution in [0.15, 0.2) is 30.5 Å². The maximum absolute atomic E-state index is 12.6. The molecule has 2 N–H and O–H groups in total. The van der Waals surface area contributed by atoms with Crippen molar-refractivity contribution in [2.45, 2.75) is 45.6 Å². The molecule has 0 bridgehead atoms. The van der Waals surface area contributed by atoms with Gasteiger partial charge >= 0.3 is 6.03 Å². The molecule has 0 radical (unpaired) electrons. The highest BCUT2D eigenvalue weighted by Crippen LogP contribution is 2.34. The lowest BCUT2D eigenvalue weighted by Crippen LogP contribution is -2.41. The van der Waals surface area contributed by atoms with E-state index in [4.69, 9.17) is 0 Å². The van der Waals surface area contributed by atoms with E-state index in [1.165, 1.54) is 32.1 Å². The van der Waals surface area contributed by atoms with Gasteiger partial charge in [-0.25, -0.2) is 4.79 Å². The van der Waals surface area contributed by atoms with Gasteiger partial charge in [0.05, 0.1) is 5.52 Å². The molecule has 5 rings (SSSR count). The number of carbonyl (C=O) groups excluding carboxylic acids is 1. The van der Waals surface area contributed by atoms with Crippen molar-refractivity contribution in [1.82, 2.24) is 20.1 Å². The number of nitrogens with zero attached hydrogens (tertiary/aromatic N) is 3. The van der Waals surface area contributed by atoms with Gasteiger partial charge in [0, 0.05) is 41.6 Å². The van der Waals surface area contributed by atoms with Gasteiger partial charge in [0.25, 0.3) is 0 Å². The second-order valence-corrected chi connectivity index (χ2v) is 8.13. The molecule has 1 aliphatic heterocycles. The average Bonchev–Trinajstić information content (AvgIpc) is 3.10. The standard InChI is InChI=1S/C22H25N5O/c1-14-9-16(7-8-23-14)21-18-10-17-13-27(12-15-5-3-2-4-6-15)22(28)24-19(17)11-20(18)25-26-21/h7-11,15H,2-6,12-13H2,1H3,(H,24,28)(H,25,26). The maximum Gasteiger partial charge on any atom is 0.322 e. The molecule has 1 saturated carbocycles. The molecular formula is C22H25N5O. The molecule has 0 saturated heterocycles. The third kappa shape index (κ3) is 3.13. The van der Waals surface area contributed by atoms with E-state index < -0.39 is 0 Å². The Labute approximate surface area is 164 Å². The number of urea groups is 1. The van der Waals surface area contributed by atoms with Crippen molar-refractivity contribution < 1.29 is 4.79 Å². The van der Waals surface area contributed by atoms with Crippen LogP contribution in [0.2, 0.25) is 0 Å². The molecule has 0 unspecified atom stereocenters. The number of benzene rings is 1. The van der Waals surface area contributed by atoms with Gasteiger partial charge in [0.1, 0.15) is 5.69 Å². The zero-order valence-corrected chi connectivity index (χ0v) is 16.2. The first-order chi connectivity index (χ1) is 13.7. The van der Waals surface area contributed by atoms with E-state index in [1.807, 2.05) is 36.2 Å². The zero-order valence-electron chi connectivity index (χ0n) is 16.2. The largest absolute Gasteiger partial charge is 0.322 e. The van der Waals surface area contributed by atoms with Crippen LogP contribution in [0.5, 0.6) is 0 Å². The van der Waals surface area contributed by atoms with Gasteiger partial charge in [0.15, 0.2) is 0 Å². The fourth-order valence-electron chi connectivity index (χ4n) is 4.57. The molecule has 144 valence electrons. The third-order valence-electron chi connectivity index (χ3n) is 6.05. The maximum atomic E-state index is 12.6. The Hall–Kier alpha value is -2.89. The van der Waals surface area contributed by atoms with Crippen LogP contribution in [-0.2, 0) is 6.54 Å². The summed E-state index contributed by atoms with van der Waals surface area (Å²) in [5, 5.41) is 11.8. The molecular weight excluding hydrogens is 350 g/mol. The molecule has 28 heavy (non-hydrogen) atoms. The van der Waals surface area contributed by atoms with Crippen LogP contribution < -0.4 is 5.32 Å². The molecule has 2 amide bonds. The van der Waals surface area contributed by atoms with E-state index in [1.54, 1.807) is 0 Å². The number of hydrogen-bond acceptors (Lipinski definition) is 3. The normalized spacial score (nSPS) is 17.6. The third-order valence-corrected chi connectivity index (χ3v) is 6.05. The Morgan fingerprint density at radius 3 is 2.86 bits per heavy atom. The molecule has 2 aromatic heterocycles. The molecule has 1 aromatic carbocycles. The summed E-state index contributed by atoms with van der Waals surface area (Å²) in [6.07, 6.45) is 8.21. The lowest BCUT2D eigenvalue weighted by atomic mass is 9.88. The highest BCUT2D eigenvalue weighted by atomic mass is 16.2. The van der Waals surface area contributed by atoms with Crippen molar-refractivity contribution in [2.24, 2.45) is 5.92 Å². The molecule has 0 atom stereocenters. The van der Waals surface area contributed by atoms with Crippen molar-refractivity contribution in [2.75, 3.05) is 11.9 Å². The first-order valence-electron chi connectivity index (χ1n) is 10.2. The predicted molar refractivity (Wildman–Crippen MR) is 110 cm³/mol. The topological polar surface area (TPSA) is 73.9 Å². The summed E-state index contributed by atoms with van der Waals surface area (Å²) in [5.74, 6) is 0.633. The summed E-state index contributed by atoms with van der Waals surface area (Å²) in [4.78, 5) is 18.9. The minimum absolute atomic E-state index is 0.0157. The number of pyridine rings is 1. The van der Waals surface area contributed by atoms with Crippen molar-refractivity contribution in [3.63, 3.8) is 0 Å². The van der Waals surface area contributed by atoms with E-state index in [-0.39, 0.29) is 6.03 Å². The average molecular weight is 375 g/mol. The van der Waals surface area contributed by atoms with Gasteiger partial charge in [-0.2, -0.15) is 5.10 Å². The second-order valence-electron chi connectivity index (χ2n) is 8.13. The number of carbonyl (C=O) groups is 1. The van der Waals surface area contributed by atoms with Crippen LogP contribution in [0.3, 0.4) is 0 Å². The number of fused-ring (bicyclic) bond motifs is 2. The fourth-order valence-corrected chi connectivity index (χ4v) is 4.57. The van der Waals surface area contributed by atoms with Crippen molar-refractivity contribution in [1.29, 1.82) is 0 Å². The fraction of sp³-hybridized carbons (Fsp3) is 0.409. The number of nitrogens with one attached hydrogen (secondary N) is 2. The van der Waals surface area contributed by atoms with Crippen LogP contribution in [0, 0.1) is 12.8 Å². The van der Waals surface area contributed by atoms with Crippen LogP contribution in [0.25, 0.3) is 22.2 Å². The number of hydrogen-bond donors (Lipinski definition) is 2. The minimum atomic E-state index is 0.0157. The molecule has 6 heteroatoms. The Balaban J connectivity index is 1.47.